The predicted octanol–water partition coefficient (Wildman–Crippen LogP) is 3.91. The summed E-state index contributed by atoms with van der Waals surface area (Å²) in [6.45, 7) is 2.85. The molecule has 0 saturated carbocycles. The van der Waals surface area contributed by atoms with E-state index in [0.29, 0.717) is 5.56 Å². The van der Waals surface area contributed by atoms with E-state index < -0.39 is 30.8 Å². The van der Waals surface area contributed by atoms with Crippen molar-refractivity contribution in [3.05, 3.63) is 47.3 Å². The van der Waals surface area contributed by atoms with E-state index in [2.05, 4.69) is 5.32 Å². The highest BCUT2D eigenvalue weighted by Crippen LogP contribution is 2.35. The maximum Gasteiger partial charge on any atom is 0.432 e. The zero-order valence-corrected chi connectivity index (χ0v) is 11.9. The normalized spacial score (nSPS) is 20.2. The lowest BCUT2D eigenvalue weighted by Gasteiger charge is -2.30. The third-order valence-electron chi connectivity index (χ3n) is 3.61. The highest BCUT2D eigenvalue weighted by molar-refractivity contribution is 5.29. The second-order valence-corrected chi connectivity index (χ2v) is 5.13. The number of halogens is 4. The number of allylic oxidation sites excluding steroid dienone is 1. The van der Waals surface area contributed by atoms with Crippen molar-refractivity contribution in [2.45, 2.75) is 38.7 Å². The number of alkyl halides is 4. The van der Waals surface area contributed by atoms with Gasteiger partial charge in [-0.05, 0) is 24.5 Å². The van der Waals surface area contributed by atoms with Crippen LogP contribution in [0.1, 0.15) is 31.1 Å². The zero-order chi connectivity index (χ0) is 15.6. The molecule has 2 rings (SSSR count). The Labute approximate surface area is 121 Å². The van der Waals surface area contributed by atoms with E-state index in [1.807, 2.05) is 19.1 Å². The Morgan fingerprint density at radius 2 is 1.86 bits per heavy atom. The topological polar surface area (TPSA) is 15.3 Å². The van der Waals surface area contributed by atoms with E-state index in [0.717, 1.165) is 18.2 Å². The number of hydrogen-bond donors (Lipinski definition) is 1. The van der Waals surface area contributed by atoms with Gasteiger partial charge in [0.15, 0.2) is 0 Å². The number of hydrogen-bond acceptors (Lipinski definition) is 2. The second-order valence-electron chi connectivity index (χ2n) is 5.13. The molecule has 1 aromatic rings. The molecule has 0 spiro atoms. The van der Waals surface area contributed by atoms with E-state index in [-0.39, 0.29) is 0 Å². The Kier molecular flexibility index (Phi) is 4.44. The van der Waals surface area contributed by atoms with Gasteiger partial charge in [0.1, 0.15) is 18.5 Å². The standard InChI is InChI=1S/C15H18F4N2/c1-3-11-4-6-12(7-5-11)14-20-13(15(17,18)19)9-21(14)10(2)8-16/h4-7,9-10,14,20H,3,8H2,1-2H3. The second kappa shape index (κ2) is 5.95. The monoisotopic (exact) mass is 302 g/mol. The van der Waals surface area contributed by atoms with Gasteiger partial charge in [0.2, 0.25) is 0 Å². The summed E-state index contributed by atoms with van der Waals surface area (Å²) >= 11 is 0. The Morgan fingerprint density at radius 3 is 2.33 bits per heavy atom. The average Bonchev–Trinajstić information content (AvgIpc) is 2.91. The maximum absolute atomic E-state index is 12.9. The van der Waals surface area contributed by atoms with Gasteiger partial charge in [-0.25, -0.2) is 4.39 Å². The Balaban J connectivity index is 2.29. The average molecular weight is 302 g/mol. The Morgan fingerprint density at radius 1 is 1.24 bits per heavy atom. The van der Waals surface area contributed by atoms with Crippen molar-refractivity contribution in [3.8, 4) is 0 Å². The molecule has 0 bridgehead atoms. The van der Waals surface area contributed by atoms with Gasteiger partial charge in [0.25, 0.3) is 0 Å². The summed E-state index contributed by atoms with van der Waals surface area (Å²) in [5.74, 6) is 0. The van der Waals surface area contributed by atoms with Crippen molar-refractivity contribution in [1.82, 2.24) is 10.2 Å². The molecule has 0 radical (unpaired) electrons. The molecule has 0 aliphatic carbocycles. The van der Waals surface area contributed by atoms with Crippen LogP contribution in [0.3, 0.4) is 0 Å². The molecule has 0 aromatic heterocycles. The molecular formula is C15H18F4N2. The first kappa shape index (κ1) is 15.7. The molecule has 2 atom stereocenters. The van der Waals surface area contributed by atoms with Crippen LogP contribution in [-0.2, 0) is 6.42 Å². The first-order chi connectivity index (χ1) is 9.86. The molecule has 1 N–H and O–H groups in total. The molecule has 1 heterocycles. The largest absolute Gasteiger partial charge is 0.432 e. The highest BCUT2D eigenvalue weighted by atomic mass is 19.4. The zero-order valence-electron chi connectivity index (χ0n) is 11.9. The smallest absolute Gasteiger partial charge is 0.356 e. The van der Waals surface area contributed by atoms with Gasteiger partial charge in [-0.2, -0.15) is 13.2 Å². The van der Waals surface area contributed by atoms with Gasteiger partial charge in [-0.3, -0.25) is 0 Å². The molecule has 1 aliphatic rings. The van der Waals surface area contributed by atoms with Crippen LogP contribution in [0.15, 0.2) is 36.2 Å². The third kappa shape index (κ3) is 3.31. The van der Waals surface area contributed by atoms with Crippen molar-refractivity contribution >= 4 is 0 Å². The number of benzene rings is 1. The summed E-state index contributed by atoms with van der Waals surface area (Å²) in [6, 6.07) is 6.68. The molecule has 21 heavy (non-hydrogen) atoms. The van der Waals surface area contributed by atoms with Crippen LogP contribution in [0.2, 0.25) is 0 Å². The minimum atomic E-state index is -4.47. The fourth-order valence-corrected chi connectivity index (χ4v) is 2.29. The van der Waals surface area contributed by atoms with E-state index in [9.17, 15) is 17.6 Å². The lowest BCUT2D eigenvalue weighted by Crippen LogP contribution is -2.36. The fourth-order valence-electron chi connectivity index (χ4n) is 2.29. The van der Waals surface area contributed by atoms with Gasteiger partial charge in [-0.15, -0.1) is 0 Å². The van der Waals surface area contributed by atoms with Crippen molar-refractivity contribution in [2.24, 2.45) is 0 Å². The van der Waals surface area contributed by atoms with Crippen molar-refractivity contribution in [1.29, 1.82) is 0 Å². The molecular weight excluding hydrogens is 284 g/mol. The van der Waals surface area contributed by atoms with Crippen LogP contribution in [0.5, 0.6) is 0 Å². The summed E-state index contributed by atoms with van der Waals surface area (Å²) in [5.41, 5.74) is 0.946. The van der Waals surface area contributed by atoms with Crippen LogP contribution in [0.4, 0.5) is 17.6 Å². The molecule has 1 aliphatic heterocycles. The van der Waals surface area contributed by atoms with Crippen LogP contribution >= 0.6 is 0 Å². The Bertz CT molecular complexity index is 507. The molecule has 6 heteroatoms. The van der Waals surface area contributed by atoms with Gasteiger partial charge < -0.3 is 10.2 Å². The molecule has 0 fully saturated rings. The van der Waals surface area contributed by atoms with Crippen LogP contribution in [0, 0.1) is 0 Å². The minimum Gasteiger partial charge on any atom is -0.356 e. The summed E-state index contributed by atoms with van der Waals surface area (Å²) < 4.78 is 51.5. The lowest BCUT2D eigenvalue weighted by atomic mass is 10.1. The summed E-state index contributed by atoms with van der Waals surface area (Å²) in [5, 5.41) is 2.45. The maximum atomic E-state index is 12.9. The number of nitrogens with zero attached hydrogens (tertiary/aromatic N) is 1. The molecule has 0 amide bonds. The quantitative estimate of drug-likeness (QED) is 0.848. The van der Waals surface area contributed by atoms with Gasteiger partial charge in [-0.1, -0.05) is 31.2 Å². The third-order valence-corrected chi connectivity index (χ3v) is 3.61. The SMILES string of the molecule is CCc1ccc(C2NC(C(F)(F)F)=CN2C(C)CF)cc1. The summed E-state index contributed by atoms with van der Waals surface area (Å²) in [7, 11) is 0. The molecule has 1 aromatic carbocycles. The number of aryl methyl sites for hydroxylation is 1. The molecule has 0 saturated heterocycles. The van der Waals surface area contributed by atoms with E-state index in [1.165, 1.54) is 4.90 Å². The Hall–Kier alpha value is -1.72. The van der Waals surface area contributed by atoms with Crippen LogP contribution < -0.4 is 5.32 Å². The first-order valence-corrected chi connectivity index (χ1v) is 6.84. The lowest BCUT2D eigenvalue weighted by molar-refractivity contribution is -0.0963. The molecule has 2 nitrogen and oxygen atoms in total. The summed E-state index contributed by atoms with van der Waals surface area (Å²) in [4.78, 5) is 1.38. The van der Waals surface area contributed by atoms with Gasteiger partial charge in [0, 0.05) is 6.20 Å². The predicted molar refractivity (Wildman–Crippen MR) is 73.1 cm³/mol. The summed E-state index contributed by atoms with van der Waals surface area (Å²) in [6.07, 6.45) is -3.34. The van der Waals surface area contributed by atoms with E-state index in [4.69, 9.17) is 0 Å². The van der Waals surface area contributed by atoms with Crippen LogP contribution in [0.25, 0.3) is 0 Å². The van der Waals surface area contributed by atoms with Crippen molar-refractivity contribution in [2.75, 3.05) is 6.67 Å². The highest BCUT2D eigenvalue weighted by Gasteiger charge is 2.41. The van der Waals surface area contributed by atoms with E-state index in [1.54, 1.807) is 19.1 Å². The van der Waals surface area contributed by atoms with Crippen molar-refractivity contribution < 1.29 is 17.6 Å². The van der Waals surface area contributed by atoms with E-state index >= 15 is 0 Å². The first-order valence-electron chi connectivity index (χ1n) is 6.84. The number of rotatable bonds is 4. The fraction of sp³-hybridized carbons (Fsp3) is 0.467. The van der Waals surface area contributed by atoms with Crippen molar-refractivity contribution in [3.63, 3.8) is 0 Å². The van der Waals surface area contributed by atoms with Gasteiger partial charge in [0.05, 0.1) is 6.04 Å². The number of nitrogens with one attached hydrogen (secondary N) is 1. The van der Waals surface area contributed by atoms with Crippen LogP contribution in [-0.4, -0.2) is 23.8 Å². The van der Waals surface area contributed by atoms with Gasteiger partial charge >= 0.3 is 6.18 Å². The minimum absolute atomic E-state index is 0.631. The molecule has 2 unspecified atom stereocenters. The molecule has 116 valence electrons.